The number of hydrogen-bond acceptors (Lipinski definition) is 9. The van der Waals surface area contributed by atoms with Crippen molar-refractivity contribution in [3.8, 4) is 5.75 Å². The molecular weight excluding hydrogens is 596 g/mol. The summed E-state index contributed by atoms with van der Waals surface area (Å²) in [5.41, 5.74) is 3.09. The van der Waals surface area contributed by atoms with Crippen LogP contribution in [-0.4, -0.2) is 129 Å². The lowest BCUT2D eigenvalue weighted by Gasteiger charge is -2.45. The number of fused-ring (bicyclic) bond motifs is 1. The molecule has 2 aromatic rings. The summed E-state index contributed by atoms with van der Waals surface area (Å²) in [6, 6.07) is 10.1. The summed E-state index contributed by atoms with van der Waals surface area (Å²) in [6.07, 6.45) is 2.27. The molecule has 1 aromatic carbocycles. The first-order chi connectivity index (χ1) is 22.3. The Morgan fingerprint density at radius 1 is 1.11 bits per heavy atom. The second-order valence-corrected chi connectivity index (χ2v) is 14.8. The number of anilines is 1. The van der Waals surface area contributed by atoms with E-state index in [4.69, 9.17) is 19.2 Å². The minimum Gasteiger partial charge on any atom is -0.492 e. The highest BCUT2D eigenvalue weighted by atomic mass is 16.6. The van der Waals surface area contributed by atoms with E-state index in [1.165, 1.54) is 0 Å². The van der Waals surface area contributed by atoms with Crippen LogP contribution in [-0.2, 0) is 26.1 Å². The molecule has 0 aliphatic carbocycles. The Balaban J connectivity index is 1.28. The van der Waals surface area contributed by atoms with E-state index in [1.807, 2.05) is 57.0 Å². The molecular formula is C36H54N6O5. The highest BCUT2D eigenvalue weighted by molar-refractivity contribution is 5.97. The van der Waals surface area contributed by atoms with Gasteiger partial charge in [-0.1, -0.05) is 32.0 Å². The van der Waals surface area contributed by atoms with Crippen LogP contribution in [0.3, 0.4) is 0 Å². The zero-order valence-electron chi connectivity index (χ0n) is 29.4. The fraction of sp³-hybridized carbons (Fsp3) is 0.639. The Labute approximate surface area is 280 Å². The summed E-state index contributed by atoms with van der Waals surface area (Å²) in [6.45, 7) is 19.8. The maximum atomic E-state index is 14.1. The third kappa shape index (κ3) is 8.81. The molecule has 3 aliphatic heterocycles. The fourth-order valence-electron chi connectivity index (χ4n) is 6.81. The van der Waals surface area contributed by atoms with E-state index in [-0.39, 0.29) is 36.0 Å². The lowest BCUT2D eigenvalue weighted by molar-refractivity contribution is -0.121. The van der Waals surface area contributed by atoms with E-state index < -0.39 is 5.60 Å². The van der Waals surface area contributed by atoms with Gasteiger partial charge in [-0.3, -0.25) is 19.6 Å². The van der Waals surface area contributed by atoms with E-state index in [1.54, 1.807) is 12.0 Å². The molecule has 2 amide bonds. The van der Waals surface area contributed by atoms with Gasteiger partial charge in [-0.15, -0.1) is 0 Å². The quantitative estimate of drug-likeness (QED) is 0.414. The maximum Gasteiger partial charge on any atom is 0.410 e. The van der Waals surface area contributed by atoms with Crippen molar-refractivity contribution in [1.82, 2.24) is 25.0 Å². The Bertz CT molecular complexity index is 1390. The molecule has 2 fully saturated rings. The summed E-state index contributed by atoms with van der Waals surface area (Å²) in [5.74, 6) is 0.909. The highest BCUT2D eigenvalue weighted by Crippen LogP contribution is 2.40. The first-order valence-electron chi connectivity index (χ1n) is 17.0. The minimum atomic E-state index is -0.580. The molecule has 1 N–H and O–H groups in total. The van der Waals surface area contributed by atoms with Crippen molar-refractivity contribution in [2.24, 2.45) is 0 Å². The first-order valence-corrected chi connectivity index (χ1v) is 17.0. The largest absolute Gasteiger partial charge is 0.492 e. The first kappa shape index (κ1) is 35.1. The number of rotatable bonds is 10. The number of piperazine rings is 2. The van der Waals surface area contributed by atoms with Crippen LogP contribution in [0.25, 0.3) is 0 Å². The number of aromatic nitrogens is 1. The molecule has 0 unspecified atom stereocenters. The molecule has 2 saturated heterocycles. The van der Waals surface area contributed by atoms with Crippen LogP contribution in [0, 0.1) is 0 Å². The molecule has 0 radical (unpaired) electrons. The standard InChI is InChI=1S/C36H54N6O5/c1-26-21-40(29(24-45-7)22-41(26)34(44)47-35(2,3)4)23-32(43)42-25-36(5,6)33-30(42)19-27(20-38-33)18-28-10-8-9-11-31(28)46-17-16-39-14-12-37-13-15-39/h8-11,19-20,26,29,37H,12-18,21-25H2,1-7H3/t26-,29-/m1/s1. The number of carbonyl (C=O) groups is 2. The van der Waals surface area contributed by atoms with Gasteiger partial charge in [0.05, 0.1) is 30.6 Å². The van der Waals surface area contributed by atoms with Gasteiger partial charge in [0.25, 0.3) is 0 Å². The number of nitrogens with one attached hydrogen (secondary N) is 1. The topological polar surface area (TPSA) is 99.7 Å². The number of amides is 2. The molecule has 1 aromatic heterocycles. The SMILES string of the molecule is COC[C@H]1CN(C(=O)OC(C)(C)C)[C@H](C)CN1CC(=O)N1CC(C)(C)c2ncc(Cc3ccccc3OCCN3CCNCC3)cc21. The maximum absolute atomic E-state index is 14.1. The molecule has 0 saturated carbocycles. The minimum absolute atomic E-state index is 0.0199. The van der Waals surface area contributed by atoms with Crippen LogP contribution in [0.2, 0.25) is 0 Å². The Kier molecular flexibility index (Phi) is 11.1. The van der Waals surface area contributed by atoms with Crippen molar-refractivity contribution < 1.29 is 23.8 Å². The number of carbonyl (C=O) groups excluding carboxylic acids is 2. The molecule has 11 nitrogen and oxygen atoms in total. The predicted octanol–water partition coefficient (Wildman–Crippen LogP) is 3.54. The molecule has 258 valence electrons. The molecule has 4 heterocycles. The van der Waals surface area contributed by atoms with E-state index in [0.29, 0.717) is 39.3 Å². The van der Waals surface area contributed by atoms with E-state index in [0.717, 1.165) is 61.0 Å². The molecule has 0 spiro atoms. The van der Waals surface area contributed by atoms with Crippen LogP contribution >= 0.6 is 0 Å². The van der Waals surface area contributed by atoms with E-state index >= 15 is 0 Å². The monoisotopic (exact) mass is 650 g/mol. The number of methoxy groups -OCH3 is 1. The Hall–Kier alpha value is -3.25. The van der Waals surface area contributed by atoms with Crippen molar-refractivity contribution >= 4 is 17.7 Å². The third-order valence-electron chi connectivity index (χ3n) is 9.23. The van der Waals surface area contributed by atoms with Crippen molar-refractivity contribution in [2.45, 2.75) is 71.1 Å². The second-order valence-electron chi connectivity index (χ2n) is 14.8. The number of para-hydroxylation sites is 1. The molecule has 0 bridgehead atoms. The Morgan fingerprint density at radius 2 is 1.85 bits per heavy atom. The van der Waals surface area contributed by atoms with Crippen molar-refractivity contribution in [2.75, 3.05) is 84.1 Å². The second kappa shape index (κ2) is 14.9. The lowest BCUT2D eigenvalue weighted by Crippen LogP contribution is -2.62. The van der Waals surface area contributed by atoms with Gasteiger partial charge in [-0.2, -0.15) is 0 Å². The van der Waals surface area contributed by atoms with E-state index in [9.17, 15) is 9.59 Å². The molecule has 5 rings (SSSR count). The van der Waals surface area contributed by atoms with Gasteiger partial charge in [0.15, 0.2) is 0 Å². The average molecular weight is 651 g/mol. The van der Waals surface area contributed by atoms with Gasteiger partial charge in [0.2, 0.25) is 5.91 Å². The van der Waals surface area contributed by atoms with Gasteiger partial charge in [-0.25, -0.2) is 4.79 Å². The van der Waals surface area contributed by atoms with Gasteiger partial charge < -0.3 is 29.3 Å². The van der Waals surface area contributed by atoms with Crippen LogP contribution in [0.1, 0.15) is 58.4 Å². The number of ether oxygens (including phenoxy) is 3. The van der Waals surface area contributed by atoms with Gasteiger partial charge in [0.1, 0.15) is 18.0 Å². The number of nitrogens with zero attached hydrogens (tertiary/aromatic N) is 5. The lowest BCUT2D eigenvalue weighted by atomic mass is 9.91. The van der Waals surface area contributed by atoms with Crippen molar-refractivity contribution in [3.63, 3.8) is 0 Å². The summed E-state index contributed by atoms with van der Waals surface area (Å²) >= 11 is 0. The third-order valence-corrected chi connectivity index (χ3v) is 9.23. The fourth-order valence-corrected chi connectivity index (χ4v) is 6.81. The average Bonchev–Trinajstić information content (AvgIpc) is 3.29. The molecule has 3 aliphatic rings. The summed E-state index contributed by atoms with van der Waals surface area (Å²) in [7, 11) is 1.65. The molecule has 47 heavy (non-hydrogen) atoms. The van der Waals surface area contributed by atoms with E-state index in [2.05, 4.69) is 41.1 Å². The van der Waals surface area contributed by atoms with Crippen LogP contribution < -0.4 is 15.0 Å². The van der Waals surface area contributed by atoms with Crippen LogP contribution in [0.4, 0.5) is 10.5 Å². The summed E-state index contributed by atoms with van der Waals surface area (Å²) < 4.78 is 17.5. The summed E-state index contributed by atoms with van der Waals surface area (Å²) in [4.78, 5) is 40.2. The summed E-state index contributed by atoms with van der Waals surface area (Å²) in [5, 5.41) is 3.39. The number of pyridine rings is 1. The van der Waals surface area contributed by atoms with Crippen LogP contribution in [0.5, 0.6) is 5.75 Å². The van der Waals surface area contributed by atoms with Crippen LogP contribution in [0.15, 0.2) is 36.5 Å². The van der Waals surface area contributed by atoms with Crippen molar-refractivity contribution in [3.05, 3.63) is 53.3 Å². The zero-order chi connectivity index (χ0) is 33.8. The van der Waals surface area contributed by atoms with Gasteiger partial charge in [0, 0.05) is 83.5 Å². The van der Waals surface area contributed by atoms with Gasteiger partial charge in [-0.05, 0) is 51.0 Å². The normalized spacial score (nSPS) is 21.9. The number of hydrogen-bond donors (Lipinski definition) is 1. The predicted molar refractivity (Wildman–Crippen MR) is 183 cm³/mol. The molecule has 2 atom stereocenters. The number of benzene rings is 1. The smallest absolute Gasteiger partial charge is 0.410 e. The van der Waals surface area contributed by atoms with Gasteiger partial charge >= 0.3 is 6.09 Å². The van der Waals surface area contributed by atoms with Crippen molar-refractivity contribution in [1.29, 1.82) is 0 Å². The Morgan fingerprint density at radius 3 is 2.57 bits per heavy atom. The zero-order valence-corrected chi connectivity index (χ0v) is 29.4. The highest BCUT2D eigenvalue weighted by Gasteiger charge is 2.42. The molecule has 11 heteroatoms.